The summed E-state index contributed by atoms with van der Waals surface area (Å²) in [6, 6.07) is 1.62. The minimum atomic E-state index is 0.735. The number of hydrogen-bond acceptors (Lipinski definition) is 2. The Bertz CT molecular complexity index is 563. The summed E-state index contributed by atoms with van der Waals surface area (Å²) in [4.78, 5) is 7.87. The Morgan fingerprint density at radius 2 is 1.83 bits per heavy atom. The lowest BCUT2D eigenvalue weighted by Crippen LogP contribution is -2.31. The topological polar surface area (TPSA) is 16.1 Å². The molecular formula is C21H34N2. The first kappa shape index (κ1) is 17.0. The fourth-order valence-corrected chi connectivity index (χ4v) is 5.08. The van der Waals surface area contributed by atoms with E-state index in [1.165, 1.54) is 67.6 Å². The van der Waals surface area contributed by atoms with Gasteiger partial charge in [0.25, 0.3) is 0 Å². The van der Waals surface area contributed by atoms with Crippen LogP contribution in [-0.4, -0.2) is 28.5 Å². The zero-order chi connectivity index (χ0) is 16.6. The van der Waals surface area contributed by atoms with Crippen molar-refractivity contribution in [1.29, 1.82) is 0 Å². The SMILES string of the molecule is CCCCc1nc(C)c(C)c(C)c1C1CC2CCC1N2CCC. The summed E-state index contributed by atoms with van der Waals surface area (Å²) in [5.41, 5.74) is 7.25. The molecule has 3 unspecified atom stereocenters. The molecule has 3 atom stereocenters. The lowest BCUT2D eigenvalue weighted by atomic mass is 9.79. The number of unbranched alkanes of at least 4 members (excludes halogenated alkanes) is 1. The minimum absolute atomic E-state index is 0.735. The molecule has 0 amide bonds. The number of nitrogens with zero attached hydrogens (tertiary/aromatic N) is 2. The van der Waals surface area contributed by atoms with Crippen LogP contribution in [0.3, 0.4) is 0 Å². The van der Waals surface area contributed by atoms with Crippen LogP contribution in [0.25, 0.3) is 0 Å². The van der Waals surface area contributed by atoms with Crippen molar-refractivity contribution in [3.63, 3.8) is 0 Å². The van der Waals surface area contributed by atoms with Crippen molar-refractivity contribution >= 4 is 0 Å². The van der Waals surface area contributed by atoms with Gasteiger partial charge in [-0.25, -0.2) is 0 Å². The quantitative estimate of drug-likeness (QED) is 0.728. The maximum absolute atomic E-state index is 5.05. The Morgan fingerprint density at radius 1 is 1.04 bits per heavy atom. The third-order valence-corrected chi connectivity index (χ3v) is 6.42. The monoisotopic (exact) mass is 314 g/mol. The van der Waals surface area contributed by atoms with E-state index < -0.39 is 0 Å². The van der Waals surface area contributed by atoms with E-state index in [0.717, 1.165) is 24.4 Å². The minimum Gasteiger partial charge on any atom is -0.297 e. The first-order valence-electron chi connectivity index (χ1n) is 9.80. The first-order valence-corrected chi connectivity index (χ1v) is 9.80. The molecule has 2 saturated heterocycles. The molecule has 2 nitrogen and oxygen atoms in total. The summed E-state index contributed by atoms with van der Waals surface area (Å²) in [5.74, 6) is 0.735. The molecule has 0 N–H and O–H groups in total. The molecule has 0 spiro atoms. The molecule has 2 heteroatoms. The second-order valence-electron chi connectivity index (χ2n) is 7.79. The molecule has 23 heavy (non-hydrogen) atoms. The molecule has 0 radical (unpaired) electrons. The van der Waals surface area contributed by atoms with Crippen LogP contribution in [0, 0.1) is 20.8 Å². The summed E-state index contributed by atoms with van der Waals surface area (Å²) in [6.45, 7) is 12.7. The maximum atomic E-state index is 5.05. The Balaban J connectivity index is 1.97. The molecule has 0 aliphatic carbocycles. The summed E-state index contributed by atoms with van der Waals surface area (Å²) in [5, 5.41) is 0. The fraction of sp³-hybridized carbons (Fsp3) is 0.762. The first-order chi connectivity index (χ1) is 11.1. The van der Waals surface area contributed by atoms with Crippen molar-refractivity contribution in [1.82, 2.24) is 9.88 Å². The third kappa shape index (κ3) is 2.95. The fourth-order valence-electron chi connectivity index (χ4n) is 5.08. The number of aryl methyl sites for hydroxylation is 2. The highest BCUT2D eigenvalue weighted by Gasteiger charge is 2.47. The summed E-state index contributed by atoms with van der Waals surface area (Å²) >= 11 is 0. The predicted octanol–water partition coefficient (Wildman–Crippen LogP) is 5.08. The van der Waals surface area contributed by atoms with Crippen LogP contribution in [0.2, 0.25) is 0 Å². The molecule has 3 rings (SSSR count). The largest absolute Gasteiger partial charge is 0.297 e. The number of aromatic nitrogens is 1. The van der Waals surface area contributed by atoms with Gasteiger partial charge in [0.1, 0.15) is 0 Å². The van der Waals surface area contributed by atoms with E-state index in [2.05, 4.69) is 39.5 Å². The maximum Gasteiger partial charge on any atom is 0.0445 e. The Kier molecular flexibility index (Phi) is 5.10. The molecule has 0 aromatic carbocycles. The molecule has 2 aliphatic heterocycles. The summed E-state index contributed by atoms with van der Waals surface area (Å²) < 4.78 is 0. The third-order valence-electron chi connectivity index (χ3n) is 6.42. The van der Waals surface area contributed by atoms with Gasteiger partial charge in [-0.15, -0.1) is 0 Å². The van der Waals surface area contributed by atoms with Crippen LogP contribution in [0.15, 0.2) is 0 Å². The van der Waals surface area contributed by atoms with Crippen LogP contribution in [0.5, 0.6) is 0 Å². The summed E-state index contributed by atoms with van der Waals surface area (Å²) in [7, 11) is 0. The number of fused-ring (bicyclic) bond motifs is 2. The number of pyridine rings is 1. The molecule has 0 saturated carbocycles. The van der Waals surface area contributed by atoms with Crippen LogP contribution >= 0.6 is 0 Å². The second kappa shape index (κ2) is 6.93. The normalized spacial score (nSPS) is 27.1. The lowest BCUT2D eigenvalue weighted by molar-refractivity contribution is 0.248. The van der Waals surface area contributed by atoms with Gasteiger partial charge in [-0.1, -0.05) is 20.3 Å². The van der Waals surface area contributed by atoms with Crippen LogP contribution in [0.4, 0.5) is 0 Å². The highest BCUT2D eigenvalue weighted by Crippen LogP contribution is 2.48. The zero-order valence-electron chi connectivity index (χ0n) is 15.8. The average molecular weight is 315 g/mol. The van der Waals surface area contributed by atoms with Gasteiger partial charge >= 0.3 is 0 Å². The predicted molar refractivity (Wildman–Crippen MR) is 98.2 cm³/mol. The van der Waals surface area contributed by atoms with Crippen molar-refractivity contribution in [3.05, 3.63) is 28.1 Å². The smallest absolute Gasteiger partial charge is 0.0445 e. The van der Waals surface area contributed by atoms with Gasteiger partial charge in [0.05, 0.1) is 0 Å². The Labute approximate surface area is 142 Å². The zero-order valence-corrected chi connectivity index (χ0v) is 15.8. The van der Waals surface area contributed by atoms with Crippen LogP contribution < -0.4 is 0 Å². The van der Waals surface area contributed by atoms with E-state index in [0.29, 0.717) is 0 Å². The van der Waals surface area contributed by atoms with Gasteiger partial charge in [0, 0.05) is 29.4 Å². The van der Waals surface area contributed by atoms with E-state index in [-0.39, 0.29) is 0 Å². The molecule has 1 aromatic rings. The highest BCUT2D eigenvalue weighted by molar-refractivity contribution is 5.43. The Hall–Kier alpha value is -0.890. The van der Waals surface area contributed by atoms with Gasteiger partial charge in [-0.3, -0.25) is 9.88 Å². The highest BCUT2D eigenvalue weighted by atomic mass is 15.2. The number of hydrogen-bond donors (Lipinski definition) is 0. The van der Waals surface area contributed by atoms with E-state index in [9.17, 15) is 0 Å². The molecule has 1 aromatic heterocycles. The van der Waals surface area contributed by atoms with Crippen molar-refractivity contribution in [3.8, 4) is 0 Å². The van der Waals surface area contributed by atoms with Crippen LogP contribution in [0.1, 0.15) is 86.4 Å². The molecule has 3 heterocycles. The van der Waals surface area contributed by atoms with Gasteiger partial charge in [-0.2, -0.15) is 0 Å². The van der Waals surface area contributed by atoms with Crippen molar-refractivity contribution in [2.45, 2.75) is 97.6 Å². The van der Waals surface area contributed by atoms with Gasteiger partial charge in [0.2, 0.25) is 0 Å². The molecule has 2 fully saturated rings. The number of rotatable bonds is 6. The van der Waals surface area contributed by atoms with Crippen LogP contribution in [-0.2, 0) is 6.42 Å². The average Bonchev–Trinajstić information content (AvgIpc) is 3.08. The van der Waals surface area contributed by atoms with E-state index in [1.54, 1.807) is 5.56 Å². The van der Waals surface area contributed by atoms with E-state index in [4.69, 9.17) is 4.98 Å². The van der Waals surface area contributed by atoms with Crippen molar-refractivity contribution in [2.75, 3.05) is 6.54 Å². The van der Waals surface area contributed by atoms with Gasteiger partial charge < -0.3 is 0 Å². The van der Waals surface area contributed by atoms with Crippen molar-refractivity contribution in [2.24, 2.45) is 0 Å². The molecular weight excluding hydrogens is 280 g/mol. The van der Waals surface area contributed by atoms with Gasteiger partial charge in [-0.05, 0) is 82.5 Å². The standard InChI is InChI=1S/C21H34N2/c1-6-8-9-19-21(15(4)14(3)16(5)22-19)18-13-17-10-11-20(18)23(17)12-7-2/h17-18,20H,6-13H2,1-5H3. The molecule has 128 valence electrons. The van der Waals surface area contributed by atoms with Crippen molar-refractivity contribution < 1.29 is 0 Å². The van der Waals surface area contributed by atoms with Gasteiger partial charge in [0.15, 0.2) is 0 Å². The molecule has 2 bridgehead atoms. The van der Waals surface area contributed by atoms with E-state index >= 15 is 0 Å². The second-order valence-corrected chi connectivity index (χ2v) is 7.79. The molecule has 2 aliphatic rings. The van der Waals surface area contributed by atoms with E-state index in [1.807, 2.05) is 0 Å². The summed E-state index contributed by atoms with van der Waals surface area (Å²) in [6.07, 6.45) is 9.15. The lowest BCUT2D eigenvalue weighted by Gasteiger charge is -2.28. The Morgan fingerprint density at radius 3 is 2.52 bits per heavy atom.